The number of rotatable bonds is 8. The van der Waals surface area contributed by atoms with Crippen LogP contribution >= 0.6 is 0 Å². The molecule has 1 heterocycles. The van der Waals surface area contributed by atoms with Gasteiger partial charge in [-0.15, -0.1) is 0 Å². The molecule has 3 atom stereocenters. The monoisotopic (exact) mass is 367 g/mol. The fraction of sp³-hybridized carbons (Fsp3) is 0.632. The summed E-state index contributed by atoms with van der Waals surface area (Å²) < 4.78 is 25.2. The van der Waals surface area contributed by atoms with Crippen LogP contribution in [0.25, 0.3) is 0 Å². The molecule has 0 saturated carbocycles. The number of amides is 1. The molecule has 2 N–H and O–H groups in total. The van der Waals surface area contributed by atoms with Gasteiger partial charge in [-0.25, -0.2) is 4.39 Å². The number of nitrogens with zero attached hydrogens (tertiary/aromatic N) is 1. The molecule has 26 heavy (non-hydrogen) atoms. The smallest absolute Gasteiger partial charge is 0.242 e. The predicted molar refractivity (Wildman–Crippen MR) is 101 cm³/mol. The molecule has 146 valence electrons. The number of morpholine rings is 1. The minimum absolute atomic E-state index is 0.0674. The Labute approximate surface area is 155 Å². The quantitative estimate of drug-likeness (QED) is 0.691. The van der Waals surface area contributed by atoms with Crippen molar-refractivity contribution in [2.24, 2.45) is 0 Å². The summed E-state index contributed by atoms with van der Waals surface area (Å²) in [7, 11) is 1.63. The summed E-state index contributed by atoms with van der Waals surface area (Å²) in [4.78, 5) is 14.1. The predicted octanol–water partition coefficient (Wildman–Crippen LogP) is 2.39. The van der Waals surface area contributed by atoms with E-state index in [2.05, 4.69) is 10.6 Å². The molecule has 1 aliphatic heterocycles. The number of hydrogen-bond acceptors (Lipinski definition) is 5. The molecule has 2 rings (SSSR count). The van der Waals surface area contributed by atoms with Crippen LogP contribution in [-0.2, 0) is 14.3 Å². The van der Waals surface area contributed by atoms with E-state index in [-0.39, 0.29) is 23.9 Å². The molecule has 1 aromatic rings. The van der Waals surface area contributed by atoms with Gasteiger partial charge in [0.1, 0.15) is 11.9 Å². The molecular weight excluding hydrogens is 337 g/mol. The highest BCUT2D eigenvalue weighted by Crippen LogP contribution is 2.26. The largest absolute Gasteiger partial charge is 0.385 e. The zero-order chi connectivity index (χ0) is 19.1. The molecule has 1 aromatic carbocycles. The Hall–Kier alpha value is -1.86. The van der Waals surface area contributed by atoms with Crippen LogP contribution in [0.3, 0.4) is 0 Å². The number of halogens is 1. The van der Waals surface area contributed by atoms with E-state index in [4.69, 9.17) is 9.47 Å². The molecule has 1 aliphatic rings. The van der Waals surface area contributed by atoms with E-state index in [0.29, 0.717) is 37.6 Å². The molecule has 0 spiro atoms. The number of hydrogen-bond donors (Lipinski definition) is 2. The highest BCUT2D eigenvalue weighted by atomic mass is 19.1. The van der Waals surface area contributed by atoms with Crippen LogP contribution in [0, 0.1) is 5.82 Å². The first-order valence-corrected chi connectivity index (χ1v) is 9.13. The van der Waals surface area contributed by atoms with Gasteiger partial charge in [-0.1, -0.05) is 0 Å². The highest BCUT2D eigenvalue weighted by Gasteiger charge is 2.24. The lowest BCUT2D eigenvalue weighted by molar-refractivity contribution is -0.121. The Bertz CT molecular complexity index is 589. The molecule has 0 unspecified atom stereocenters. The van der Waals surface area contributed by atoms with Gasteiger partial charge < -0.3 is 25.0 Å². The van der Waals surface area contributed by atoms with Gasteiger partial charge in [-0.2, -0.15) is 0 Å². The summed E-state index contributed by atoms with van der Waals surface area (Å²) in [6.07, 6.45) is 0.893. The maximum absolute atomic E-state index is 14.6. The second-order valence-electron chi connectivity index (χ2n) is 6.83. The summed E-state index contributed by atoms with van der Waals surface area (Å²) in [5.41, 5.74) is 1.15. The third-order valence-corrected chi connectivity index (χ3v) is 4.31. The first kappa shape index (κ1) is 20.5. The van der Waals surface area contributed by atoms with Gasteiger partial charge in [0.2, 0.25) is 5.91 Å². The van der Waals surface area contributed by atoms with Crippen LogP contribution in [0.4, 0.5) is 15.8 Å². The molecule has 7 heteroatoms. The van der Waals surface area contributed by atoms with Crippen LogP contribution in [0.5, 0.6) is 0 Å². The lowest BCUT2D eigenvalue weighted by Gasteiger charge is -2.37. The van der Waals surface area contributed by atoms with Crippen molar-refractivity contribution < 1.29 is 18.7 Å². The van der Waals surface area contributed by atoms with E-state index in [1.54, 1.807) is 26.2 Å². The number of anilines is 2. The van der Waals surface area contributed by atoms with Crippen LogP contribution in [0.15, 0.2) is 18.2 Å². The Kier molecular flexibility index (Phi) is 7.66. The normalized spacial score (nSPS) is 21.3. The van der Waals surface area contributed by atoms with Gasteiger partial charge in [0, 0.05) is 39.0 Å². The van der Waals surface area contributed by atoms with Gasteiger partial charge in [0.25, 0.3) is 0 Å². The topological polar surface area (TPSA) is 62.8 Å². The number of carbonyl (C=O) groups is 1. The van der Waals surface area contributed by atoms with Crippen LogP contribution in [0.2, 0.25) is 0 Å². The van der Waals surface area contributed by atoms with Gasteiger partial charge in [0.15, 0.2) is 0 Å². The first-order chi connectivity index (χ1) is 12.4. The number of ether oxygens (including phenoxy) is 2. The van der Waals surface area contributed by atoms with Gasteiger partial charge in [-0.3, -0.25) is 4.79 Å². The number of benzene rings is 1. The van der Waals surface area contributed by atoms with Crippen molar-refractivity contribution in [1.82, 2.24) is 5.32 Å². The Morgan fingerprint density at radius 1 is 1.38 bits per heavy atom. The molecule has 0 aliphatic carbocycles. The molecule has 0 aromatic heterocycles. The fourth-order valence-corrected chi connectivity index (χ4v) is 3.12. The number of nitrogens with one attached hydrogen (secondary N) is 2. The van der Waals surface area contributed by atoms with E-state index in [0.717, 1.165) is 6.42 Å². The van der Waals surface area contributed by atoms with Gasteiger partial charge in [-0.05, 0) is 45.4 Å². The molecule has 1 fully saturated rings. The first-order valence-electron chi connectivity index (χ1n) is 9.13. The fourth-order valence-electron chi connectivity index (χ4n) is 3.12. The summed E-state index contributed by atoms with van der Waals surface area (Å²) in [5.74, 6) is -0.426. The molecule has 0 bridgehead atoms. The number of methoxy groups -OCH3 is 1. The zero-order valence-corrected chi connectivity index (χ0v) is 16.0. The SMILES string of the molecule is COCCCNC(=O)[C@H](C)Nc1ccc(N2C[C@H](C)O[C@@H](C)C2)c(F)c1. The van der Waals surface area contributed by atoms with Gasteiger partial charge in [0.05, 0.1) is 17.9 Å². The van der Waals surface area contributed by atoms with Crippen molar-refractivity contribution in [2.45, 2.75) is 45.4 Å². The zero-order valence-electron chi connectivity index (χ0n) is 16.0. The van der Waals surface area contributed by atoms with Crippen molar-refractivity contribution in [3.8, 4) is 0 Å². The number of carbonyl (C=O) groups excluding carboxylic acids is 1. The van der Waals surface area contributed by atoms with Crippen LogP contribution in [-0.4, -0.2) is 57.5 Å². The van der Waals surface area contributed by atoms with E-state index in [9.17, 15) is 9.18 Å². The average Bonchev–Trinajstić information content (AvgIpc) is 2.57. The lowest BCUT2D eigenvalue weighted by atomic mass is 10.1. The molecule has 6 nitrogen and oxygen atoms in total. The summed E-state index contributed by atoms with van der Waals surface area (Å²) >= 11 is 0. The third kappa shape index (κ3) is 5.85. The summed E-state index contributed by atoms with van der Waals surface area (Å²) in [5, 5.41) is 5.87. The summed E-state index contributed by atoms with van der Waals surface area (Å²) in [6, 6.07) is 4.55. The molecule has 0 radical (unpaired) electrons. The van der Waals surface area contributed by atoms with Gasteiger partial charge >= 0.3 is 0 Å². The Balaban J connectivity index is 1.93. The van der Waals surface area contributed by atoms with Crippen LogP contribution in [0.1, 0.15) is 27.2 Å². The second kappa shape index (κ2) is 9.73. The maximum Gasteiger partial charge on any atom is 0.242 e. The minimum Gasteiger partial charge on any atom is -0.385 e. The Morgan fingerprint density at radius 2 is 2.08 bits per heavy atom. The van der Waals surface area contributed by atoms with Crippen LogP contribution < -0.4 is 15.5 Å². The van der Waals surface area contributed by atoms with E-state index in [1.165, 1.54) is 6.07 Å². The Morgan fingerprint density at radius 3 is 2.69 bits per heavy atom. The summed E-state index contributed by atoms with van der Waals surface area (Å²) in [6.45, 7) is 8.21. The molecule has 1 amide bonds. The van der Waals surface area contributed by atoms with E-state index in [1.807, 2.05) is 18.7 Å². The van der Waals surface area contributed by atoms with E-state index >= 15 is 0 Å². The van der Waals surface area contributed by atoms with Crippen molar-refractivity contribution in [3.63, 3.8) is 0 Å². The van der Waals surface area contributed by atoms with Crippen molar-refractivity contribution in [2.75, 3.05) is 43.6 Å². The van der Waals surface area contributed by atoms with E-state index < -0.39 is 6.04 Å². The van der Waals surface area contributed by atoms with Crippen molar-refractivity contribution >= 4 is 17.3 Å². The highest BCUT2D eigenvalue weighted by molar-refractivity contribution is 5.84. The standard InChI is InChI=1S/C19H30FN3O3/c1-13-11-23(12-14(2)26-13)18-7-6-16(10-17(18)20)22-15(3)19(24)21-8-5-9-25-4/h6-7,10,13-15,22H,5,8-9,11-12H2,1-4H3,(H,21,24)/t13-,14-,15-/m0/s1. The molecule has 1 saturated heterocycles. The lowest BCUT2D eigenvalue weighted by Crippen LogP contribution is -2.45. The maximum atomic E-state index is 14.6. The van der Waals surface area contributed by atoms with Crippen molar-refractivity contribution in [1.29, 1.82) is 0 Å². The third-order valence-electron chi connectivity index (χ3n) is 4.31. The molecular formula is C19H30FN3O3. The minimum atomic E-state index is -0.453. The van der Waals surface area contributed by atoms with Crippen molar-refractivity contribution in [3.05, 3.63) is 24.0 Å². The second-order valence-corrected chi connectivity index (χ2v) is 6.83. The average molecular weight is 367 g/mol.